The van der Waals surface area contributed by atoms with Gasteiger partial charge in [-0.15, -0.1) is 0 Å². The normalized spacial score (nSPS) is 11.0. The number of alkyl halides is 2. The average molecular weight is 292 g/mol. The van der Waals surface area contributed by atoms with Crippen molar-refractivity contribution in [3.05, 3.63) is 47.7 Å². The molecular formula is C14H14F2N4O. The second-order valence-electron chi connectivity index (χ2n) is 4.64. The number of hydrogen-bond acceptors (Lipinski definition) is 4. The van der Waals surface area contributed by atoms with Crippen LogP contribution in [0.15, 0.2) is 30.7 Å². The Morgan fingerprint density at radius 3 is 2.43 bits per heavy atom. The molecule has 0 atom stereocenters. The predicted octanol–water partition coefficient (Wildman–Crippen LogP) is 3.18. The van der Waals surface area contributed by atoms with Crippen molar-refractivity contribution in [2.75, 3.05) is 5.32 Å². The summed E-state index contributed by atoms with van der Waals surface area (Å²) in [6.07, 6.45) is 1.34. The molecule has 2 aromatic heterocycles. The van der Waals surface area contributed by atoms with E-state index in [-0.39, 0.29) is 17.3 Å². The summed E-state index contributed by atoms with van der Waals surface area (Å²) in [5.41, 5.74) is -0.133. The van der Waals surface area contributed by atoms with Crippen LogP contribution in [0.5, 0.6) is 0 Å². The van der Waals surface area contributed by atoms with Gasteiger partial charge in [0.05, 0.1) is 11.3 Å². The molecule has 2 rings (SSSR count). The van der Waals surface area contributed by atoms with Crippen molar-refractivity contribution in [1.29, 1.82) is 0 Å². The van der Waals surface area contributed by atoms with Gasteiger partial charge in [0.1, 0.15) is 5.69 Å². The van der Waals surface area contributed by atoms with Crippen LogP contribution >= 0.6 is 0 Å². The van der Waals surface area contributed by atoms with Crippen molar-refractivity contribution < 1.29 is 13.6 Å². The van der Waals surface area contributed by atoms with Crippen molar-refractivity contribution in [2.45, 2.75) is 26.2 Å². The Kier molecular flexibility index (Phi) is 4.52. The third-order valence-electron chi connectivity index (χ3n) is 2.80. The summed E-state index contributed by atoms with van der Waals surface area (Å²) in [6, 6.07) is 2.73. The molecule has 21 heavy (non-hydrogen) atoms. The van der Waals surface area contributed by atoms with Crippen LogP contribution in [0.25, 0.3) is 0 Å². The Morgan fingerprint density at radius 2 is 1.76 bits per heavy atom. The van der Waals surface area contributed by atoms with Crippen molar-refractivity contribution in [1.82, 2.24) is 15.0 Å². The number of pyridine rings is 1. The van der Waals surface area contributed by atoms with E-state index < -0.39 is 18.0 Å². The highest BCUT2D eigenvalue weighted by Gasteiger charge is 2.21. The summed E-state index contributed by atoms with van der Waals surface area (Å²) in [4.78, 5) is 23.9. The monoisotopic (exact) mass is 292 g/mol. The summed E-state index contributed by atoms with van der Waals surface area (Å²) in [6.45, 7) is 3.79. The molecule has 1 amide bonds. The summed E-state index contributed by atoms with van der Waals surface area (Å²) >= 11 is 0. The van der Waals surface area contributed by atoms with Gasteiger partial charge in [0.15, 0.2) is 5.82 Å². The van der Waals surface area contributed by atoms with E-state index in [1.165, 1.54) is 30.7 Å². The molecule has 0 aliphatic heterocycles. The van der Waals surface area contributed by atoms with Gasteiger partial charge >= 0.3 is 0 Å². The molecule has 0 aromatic carbocycles. The van der Waals surface area contributed by atoms with Crippen molar-refractivity contribution in [2.24, 2.45) is 0 Å². The van der Waals surface area contributed by atoms with Crippen LogP contribution in [0.3, 0.4) is 0 Å². The van der Waals surface area contributed by atoms with Gasteiger partial charge in [0, 0.05) is 18.6 Å². The Bertz CT molecular complexity index is 646. The van der Waals surface area contributed by atoms with E-state index in [4.69, 9.17) is 0 Å². The highest BCUT2D eigenvalue weighted by atomic mass is 19.3. The maximum atomic E-state index is 12.9. The Balaban J connectivity index is 2.31. The molecule has 1 N–H and O–H groups in total. The molecule has 2 aromatic rings. The van der Waals surface area contributed by atoms with E-state index in [0.717, 1.165) is 0 Å². The zero-order valence-electron chi connectivity index (χ0n) is 11.5. The zero-order chi connectivity index (χ0) is 15.4. The predicted molar refractivity (Wildman–Crippen MR) is 73.3 cm³/mol. The fourth-order valence-corrected chi connectivity index (χ4v) is 1.83. The van der Waals surface area contributed by atoms with Gasteiger partial charge in [-0.2, -0.15) is 0 Å². The molecule has 0 bridgehead atoms. The first-order valence-corrected chi connectivity index (χ1v) is 6.36. The molecular weight excluding hydrogens is 278 g/mol. The number of hydrogen-bond donors (Lipinski definition) is 1. The summed E-state index contributed by atoms with van der Waals surface area (Å²) in [5.74, 6) is -0.375. The second kappa shape index (κ2) is 6.34. The summed E-state index contributed by atoms with van der Waals surface area (Å²) in [5, 5.41) is 2.52. The minimum atomic E-state index is -2.82. The minimum Gasteiger partial charge on any atom is -0.305 e. The maximum Gasteiger partial charge on any atom is 0.281 e. The first kappa shape index (κ1) is 15.0. The lowest BCUT2D eigenvalue weighted by Gasteiger charge is -2.12. The number of carbonyl (C=O) groups excluding carboxylic acids is 1. The number of carbonyl (C=O) groups is 1. The third-order valence-corrected chi connectivity index (χ3v) is 2.80. The zero-order valence-corrected chi connectivity index (χ0v) is 11.5. The number of aromatic nitrogens is 3. The molecule has 7 heteroatoms. The first-order chi connectivity index (χ1) is 10.0. The number of amides is 1. The fraction of sp³-hybridized carbons (Fsp3) is 0.286. The molecule has 0 aliphatic rings. The Labute approximate surface area is 120 Å². The summed E-state index contributed by atoms with van der Waals surface area (Å²) < 4.78 is 25.7. The molecule has 0 saturated heterocycles. The standard InChI is InChI=1S/C14H14F2N4O/c1-8(2)10-13(19-7-6-18-10)20-14(21)9-4-3-5-17-11(9)12(15)16/h3-8,12H,1-2H3,(H,19,20,21). The molecule has 0 radical (unpaired) electrons. The Morgan fingerprint density at radius 1 is 1.10 bits per heavy atom. The minimum absolute atomic E-state index is 0.0393. The third kappa shape index (κ3) is 3.36. The van der Waals surface area contributed by atoms with Crippen LogP contribution in [0.1, 0.15) is 47.9 Å². The van der Waals surface area contributed by atoms with Gasteiger partial charge in [-0.1, -0.05) is 13.8 Å². The SMILES string of the molecule is CC(C)c1nccnc1NC(=O)c1cccnc1C(F)F. The van der Waals surface area contributed by atoms with Crippen molar-refractivity contribution >= 4 is 11.7 Å². The van der Waals surface area contributed by atoms with Crippen molar-refractivity contribution in [3.63, 3.8) is 0 Å². The largest absolute Gasteiger partial charge is 0.305 e. The molecule has 110 valence electrons. The van der Waals surface area contributed by atoms with E-state index in [1.807, 2.05) is 13.8 Å². The van der Waals surface area contributed by atoms with E-state index >= 15 is 0 Å². The number of halogens is 2. The maximum absolute atomic E-state index is 12.9. The van der Waals surface area contributed by atoms with Gasteiger partial charge in [-0.25, -0.2) is 13.8 Å². The van der Waals surface area contributed by atoms with E-state index in [9.17, 15) is 13.6 Å². The smallest absolute Gasteiger partial charge is 0.281 e. The first-order valence-electron chi connectivity index (χ1n) is 6.36. The lowest BCUT2D eigenvalue weighted by atomic mass is 10.1. The van der Waals surface area contributed by atoms with Crippen LogP contribution in [0, 0.1) is 0 Å². The molecule has 0 fully saturated rings. The van der Waals surface area contributed by atoms with E-state index in [2.05, 4.69) is 20.3 Å². The number of nitrogens with one attached hydrogen (secondary N) is 1. The molecule has 0 aliphatic carbocycles. The highest BCUT2D eigenvalue weighted by molar-refractivity contribution is 6.04. The average Bonchev–Trinajstić information content (AvgIpc) is 2.47. The van der Waals surface area contributed by atoms with Crippen LogP contribution in [0.2, 0.25) is 0 Å². The topological polar surface area (TPSA) is 67.8 Å². The van der Waals surface area contributed by atoms with Gasteiger partial charge in [-0.05, 0) is 18.1 Å². The molecule has 0 saturated carbocycles. The van der Waals surface area contributed by atoms with Gasteiger partial charge < -0.3 is 5.32 Å². The number of rotatable bonds is 4. The van der Waals surface area contributed by atoms with Gasteiger partial charge in [0.2, 0.25) is 0 Å². The number of anilines is 1. The molecule has 5 nitrogen and oxygen atoms in total. The quantitative estimate of drug-likeness (QED) is 0.939. The van der Waals surface area contributed by atoms with Crippen molar-refractivity contribution in [3.8, 4) is 0 Å². The molecule has 2 heterocycles. The van der Waals surface area contributed by atoms with Crippen LogP contribution < -0.4 is 5.32 Å². The van der Waals surface area contributed by atoms with Crippen LogP contribution in [-0.2, 0) is 0 Å². The van der Waals surface area contributed by atoms with Crippen LogP contribution in [0.4, 0.5) is 14.6 Å². The van der Waals surface area contributed by atoms with Gasteiger partial charge in [-0.3, -0.25) is 14.8 Å². The van der Waals surface area contributed by atoms with Gasteiger partial charge in [0.25, 0.3) is 12.3 Å². The van der Waals surface area contributed by atoms with Crippen LogP contribution in [-0.4, -0.2) is 20.9 Å². The Hall–Kier alpha value is -2.44. The van der Waals surface area contributed by atoms with E-state index in [0.29, 0.717) is 5.69 Å². The lowest BCUT2D eigenvalue weighted by molar-refractivity contribution is 0.100. The number of nitrogens with zero attached hydrogens (tertiary/aromatic N) is 3. The molecule has 0 unspecified atom stereocenters. The highest BCUT2D eigenvalue weighted by Crippen LogP contribution is 2.23. The molecule has 0 spiro atoms. The lowest BCUT2D eigenvalue weighted by Crippen LogP contribution is -2.18. The fourth-order valence-electron chi connectivity index (χ4n) is 1.83. The summed E-state index contributed by atoms with van der Waals surface area (Å²) in [7, 11) is 0. The van der Waals surface area contributed by atoms with E-state index in [1.54, 1.807) is 0 Å². The second-order valence-corrected chi connectivity index (χ2v) is 4.64.